The van der Waals surface area contributed by atoms with E-state index in [1.807, 2.05) is 27.7 Å². The molecule has 0 saturated carbocycles. The van der Waals surface area contributed by atoms with Crippen LogP contribution in [0.5, 0.6) is 0 Å². The summed E-state index contributed by atoms with van der Waals surface area (Å²) in [5.41, 5.74) is -1.19. The van der Waals surface area contributed by atoms with Crippen molar-refractivity contribution < 1.29 is 28.3 Å². The summed E-state index contributed by atoms with van der Waals surface area (Å²) in [4.78, 5) is 17.7. The van der Waals surface area contributed by atoms with Gasteiger partial charge in [-0.2, -0.15) is 0 Å². The third-order valence-corrected chi connectivity index (χ3v) is 9.13. The van der Waals surface area contributed by atoms with Crippen LogP contribution in [0.25, 0.3) is 0 Å². The zero-order valence-corrected chi connectivity index (χ0v) is 23.7. The maximum Gasteiger partial charge on any atom is 0.494 e. The first-order valence-electron chi connectivity index (χ1n) is 11.7. The van der Waals surface area contributed by atoms with Crippen LogP contribution in [0.2, 0.25) is 25.7 Å². The first kappa shape index (κ1) is 27.9. The maximum atomic E-state index is 15.1. The van der Waals surface area contributed by atoms with Crippen LogP contribution in [0.1, 0.15) is 40.2 Å². The predicted octanol–water partition coefficient (Wildman–Crippen LogP) is 5.25. The van der Waals surface area contributed by atoms with Crippen molar-refractivity contribution in [2.45, 2.75) is 77.0 Å². The fraction of sp³-hybridized carbons (Fsp3) is 0.583. The van der Waals surface area contributed by atoms with Crippen LogP contribution >= 0.6 is 11.8 Å². The number of halogens is 1. The molecule has 0 aliphatic carbocycles. The van der Waals surface area contributed by atoms with Gasteiger partial charge in [-0.15, -0.1) is 0 Å². The van der Waals surface area contributed by atoms with Crippen molar-refractivity contribution in [3.63, 3.8) is 0 Å². The molecule has 1 aromatic carbocycles. The van der Waals surface area contributed by atoms with Gasteiger partial charge < -0.3 is 19.2 Å². The molecule has 7 nitrogen and oxygen atoms in total. The van der Waals surface area contributed by atoms with E-state index in [4.69, 9.17) is 14.0 Å². The van der Waals surface area contributed by atoms with Crippen molar-refractivity contribution in [3.05, 3.63) is 41.1 Å². The molecule has 2 heterocycles. The Hall–Kier alpha value is -1.66. The van der Waals surface area contributed by atoms with E-state index in [1.54, 1.807) is 30.5 Å². The molecule has 1 fully saturated rings. The summed E-state index contributed by atoms with van der Waals surface area (Å²) in [6.07, 6.45) is 0.591. The zero-order chi connectivity index (χ0) is 26.2. The molecule has 1 aromatic rings. The molecule has 35 heavy (non-hydrogen) atoms. The molecule has 1 amide bonds. The minimum atomic E-state index is -1.30. The van der Waals surface area contributed by atoms with Gasteiger partial charge in [0.05, 0.1) is 11.2 Å². The molecule has 2 aliphatic heterocycles. The van der Waals surface area contributed by atoms with Crippen molar-refractivity contribution in [2.24, 2.45) is 4.99 Å². The van der Waals surface area contributed by atoms with Crippen LogP contribution in [0.3, 0.4) is 0 Å². The van der Waals surface area contributed by atoms with E-state index in [2.05, 4.69) is 24.6 Å². The summed E-state index contributed by atoms with van der Waals surface area (Å²) in [5, 5.41) is 11.8. The molecule has 192 valence electrons. The number of aliphatic imine (C=N–C) groups is 1. The van der Waals surface area contributed by atoms with Crippen molar-refractivity contribution in [2.75, 3.05) is 13.3 Å². The molecule has 1 unspecified atom stereocenters. The topological polar surface area (TPSA) is 80.6 Å². The van der Waals surface area contributed by atoms with Crippen molar-refractivity contribution in [3.8, 4) is 0 Å². The Morgan fingerprint density at radius 3 is 2.40 bits per heavy atom. The van der Waals surface area contributed by atoms with Gasteiger partial charge in [-0.1, -0.05) is 43.5 Å². The first-order valence-corrected chi connectivity index (χ1v) is 16.3. The lowest BCUT2D eigenvalue weighted by Crippen LogP contribution is -2.41. The van der Waals surface area contributed by atoms with E-state index in [9.17, 15) is 9.90 Å². The Labute approximate surface area is 213 Å². The van der Waals surface area contributed by atoms with Crippen LogP contribution in [-0.2, 0) is 19.6 Å². The van der Waals surface area contributed by atoms with Gasteiger partial charge in [0.1, 0.15) is 18.1 Å². The molecule has 1 saturated heterocycles. The number of hydrogen-bond acceptors (Lipinski definition) is 6. The van der Waals surface area contributed by atoms with Crippen molar-refractivity contribution >= 4 is 43.7 Å². The largest absolute Gasteiger partial charge is 0.494 e. The third kappa shape index (κ3) is 6.37. The molecule has 11 heteroatoms. The number of nitrogens with zero attached hydrogens (tertiary/aromatic N) is 2. The van der Waals surface area contributed by atoms with E-state index in [-0.39, 0.29) is 11.9 Å². The van der Waals surface area contributed by atoms with Crippen LogP contribution < -0.4 is 5.46 Å². The molecule has 0 aromatic heterocycles. The molecular weight excluding hydrogens is 486 g/mol. The number of ether oxygens (including phenoxy) is 1. The van der Waals surface area contributed by atoms with Gasteiger partial charge >= 0.3 is 13.2 Å². The summed E-state index contributed by atoms with van der Waals surface area (Å²) in [7, 11) is -1.95. The SMILES string of the molecule is CC1(c2cc(B3OC(C)(C)C(C)(C)O3)ccc2F)C=CSC(N(COCC[Si](C)(C)C)C(=O)O)=N1. The van der Waals surface area contributed by atoms with Crippen molar-refractivity contribution in [1.29, 1.82) is 0 Å². The third-order valence-electron chi connectivity index (χ3n) is 6.63. The lowest BCUT2D eigenvalue weighted by atomic mass is 9.76. The maximum absolute atomic E-state index is 15.1. The highest BCUT2D eigenvalue weighted by Crippen LogP contribution is 2.38. The highest BCUT2D eigenvalue weighted by Gasteiger charge is 2.52. The number of thioether (sulfide) groups is 1. The average molecular weight is 523 g/mol. The Kier molecular flexibility index (Phi) is 7.98. The quantitative estimate of drug-likeness (QED) is 0.299. The fourth-order valence-corrected chi connectivity index (χ4v) is 5.26. The van der Waals surface area contributed by atoms with E-state index >= 15 is 4.39 Å². The van der Waals surface area contributed by atoms with Gasteiger partial charge in [0.15, 0.2) is 5.17 Å². The number of benzene rings is 1. The molecule has 1 atom stereocenters. The first-order chi connectivity index (χ1) is 16.0. The van der Waals surface area contributed by atoms with Gasteiger partial charge in [-0.3, -0.25) is 0 Å². The van der Waals surface area contributed by atoms with Crippen LogP contribution in [0.15, 0.2) is 34.7 Å². The second-order valence-corrected chi connectivity index (χ2v) is 17.8. The van der Waals surface area contributed by atoms with Crippen LogP contribution in [-0.4, -0.2) is 61.0 Å². The standard InChI is InChI=1S/C24H36BFN2O5SSi/c1-22(2)23(3,4)33-25(32-22)17-9-10-19(26)18(15-17)24(5)11-13-34-20(27-24)28(21(29)30)16-31-12-14-35(6,7)8/h9-11,13,15H,12,14,16H2,1-8H3,(H,29,30). The van der Waals surface area contributed by atoms with E-state index < -0.39 is 43.8 Å². The number of hydrogen-bond donors (Lipinski definition) is 1. The highest BCUT2D eigenvalue weighted by atomic mass is 32.2. The average Bonchev–Trinajstić information content (AvgIpc) is 2.94. The number of amidine groups is 1. The van der Waals surface area contributed by atoms with Crippen LogP contribution in [0, 0.1) is 5.82 Å². The fourth-order valence-electron chi connectivity index (χ4n) is 3.55. The summed E-state index contributed by atoms with van der Waals surface area (Å²) in [6.45, 7) is 16.6. The summed E-state index contributed by atoms with van der Waals surface area (Å²) >= 11 is 1.17. The Morgan fingerprint density at radius 2 is 1.83 bits per heavy atom. The molecular formula is C24H36BFN2O5SSi. The smallest absolute Gasteiger partial charge is 0.465 e. The molecule has 1 N–H and O–H groups in total. The minimum Gasteiger partial charge on any atom is -0.465 e. The van der Waals surface area contributed by atoms with Gasteiger partial charge in [-0.05, 0) is 63.7 Å². The molecule has 0 bridgehead atoms. The highest BCUT2D eigenvalue weighted by molar-refractivity contribution is 8.16. The van der Waals surface area contributed by atoms with E-state index in [0.717, 1.165) is 10.9 Å². The van der Waals surface area contributed by atoms with Crippen LogP contribution in [0.4, 0.5) is 9.18 Å². The van der Waals surface area contributed by atoms with Crippen molar-refractivity contribution in [1.82, 2.24) is 4.90 Å². The zero-order valence-electron chi connectivity index (χ0n) is 21.8. The Bertz CT molecular complexity index is 1010. The Balaban J connectivity index is 1.86. The monoisotopic (exact) mass is 522 g/mol. The number of amides is 1. The van der Waals surface area contributed by atoms with Gasteiger partial charge in [0.2, 0.25) is 0 Å². The predicted molar refractivity (Wildman–Crippen MR) is 142 cm³/mol. The normalized spacial score (nSPS) is 23.3. The second kappa shape index (κ2) is 10.0. The molecule has 2 aliphatic rings. The summed E-state index contributed by atoms with van der Waals surface area (Å²) in [6, 6.07) is 5.63. The van der Waals surface area contributed by atoms with Gasteiger partial charge in [-0.25, -0.2) is 19.1 Å². The molecule has 3 rings (SSSR count). The lowest BCUT2D eigenvalue weighted by molar-refractivity contribution is 0.00578. The van der Waals surface area contributed by atoms with Gasteiger partial charge in [0, 0.05) is 20.2 Å². The van der Waals surface area contributed by atoms with E-state index in [0.29, 0.717) is 17.6 Å². The second-order valence-electron chi connectivity index (χ2n) is 11.3. The lowest BCUT2D eigenvalue weighted by Gasteiger charge is -2.32. The summed E-state index contributed by atoms with van der Waals surface area (Å²) in [5.74, 6) is -0.444. The minimum absolute atomic E-state index is 0.133. The molecule has 0 radical (unpaired) electrons. The number of carbonyl (C=O) groups is 1. The Morgan fingerprint density at radius 1 is 1.20 bits per heavy atom. The number of carboxylic acid groups (broad SMARTS) is 1. The number of rotatable bonds is 7. The van der Waals surface area contributed by atoms with Gasteiger partial charge in [0.25, 0.3) is 0 Å². The van der Waals surface area contributed by atoms with E-state index in [1.165, 1.54) is 17.8 Å². The molecule has 0 spiro atoms. The summed E-state index contributed by atoms with van der Waals surface area (Å²) < 4.78 is 33.0.